The van der Waals surface area contributed by atoms with E-state index in [1.807, 2.05) is 49.8 Å². The minimum absolute atomic E-state index is 0.0791. The monoisotopic (exact) mass is 876 g/mol. The SMILES string of the molecule is CC[C@H](C)C(NC(=O)OC)C(=O)N1C[C@@H](COC)C[C@H]1c1nc2ccc3cc4c(cc3c2[nH]1)OCc1cc(-c2cnc(C3C[C@H](C)CN3C(=O)[C@@H](NC(=O)OC)[C@@H](C)CC)[nH]2)ccc1-4. The number of benzene rings is 3. The summed E-state index contributed by atoms with van der Waals surface area (Å²) < 4.78 is 21.7. The van der Waals surface area contributed by atoms with E-state index in [4.69, 9.17) is 28.9 Å². The molecule has 0 spiro atoms. The van der Waals surface area contributed by atoms with Crippen molar-refractivity contribution in [2.45, 2.75) is 91.1 Å². The van der Waals surface area contributed by atoms with Crippen LogP contribution in [0.3, 0.4) is 0 Å². The maximum Gasteiger partial charge on any atom is 0.407 e. The van der Waals surface area contributed by atoms with Crippen LogP contribution in [0.2, 0.25) is 0 Å². The van der Waals surface area contributed by atoms with E-state index in [1.165, 1.54) is 14.2 Å². The number of carbonyl (C=O) groups excluding carboxylic acids is 4. The molecule has 2 fully saturated rings. The largest absolute Gasteiger partial charge is 0.488 e. The highest BCUT2D eigenvalue weighted by atomic mass is 16.5. The smallest absolute Gasteiger partial charge is 0.407 e. The molecule has 2 saturated heterocycles. The molecule has 0 bridgehead atoms. The predicted molar refractivity (Wildman–Crippen MR) is 241 cm³/mol. The van der Waals surface area contributed by atoms with Crippen molar-refractivity contribution in [3.05, 3.63) is 65.9 Å². The number of hydrogen-bond donors (Lipinski definition) is 4. The number of amides is 4. The Morgan fingerprint density at radius 2 is 1.50 bits per heavy atom. The second-order valence-corrected chi connectivity index (χ2v) is 17.9. The Balaban J connectivity index is 1.05. The number of hydrogen-bond acceptors (Lipinski definition) is 10. The van der Waals surface area contributed by atoms with Crippen molar-refractivity contribution in [2.75, 3.05) is 41.0 Å². The molecule has 8 rings (SSSR count). The zero-order valence-electron chi connectivity index (χ0n) is 37.9. The molecule has 2 unspecified atom stereocenters. The van der Waals surface area contributed by atoms with Gasteiger partial charge in [0.1, 0.15) is 36.1 Å². The number of carbonyl (C=O) groups is 4. The highest BCUT2D eigenvalue weighted by Crippen LogP contribution is 2.44. The van der Waals surface area contributed by atoms with Gasteiger partial charge in [0, 0.05) is 37.1 Å². The van der Waals surface area contributed by atoms with E-state index in [0.29, 0.717) is 50.8 Å². The number of likely N-dealkylation sites (tertiary alicyclic amines) is 2. The number of alkyl carbamates (subject to hydrolysis) is 2. The summed E-state index contributed by atoms with van der Waals surface area (Å²) >= 11 is 0. The van der Waals surface area contributed by atoms with Gasteiger partial charge in [-0.3, -0.25) is 9.59 Å². The van der Waals surface area contributed by atoms with Gasteiger partial charge in [-0.1, -0.05) is 65.7 Å². The lowest BCUT2D eigenvalue weighted by atomic mass is 9.92. The fraction of sp³-hybridized carbons (Fsp3) is 0.500. The van der Waals surface area contributed by atoms with Gasteiger partial charge in [-0.2, -0.15) is 0 Å². The normalized spacial score (nSPS) is 21.1. The lowest BCUT2D eigenvalue weighted by molar-refractivity contribution is -0.136. The van der Waals surface area contributed by atoms with E-state index in [2.05, 4.69) is 63.9 Å². The Morgan fingerprint density at radius 3 is 2.16 bits per heavy atom. The van der Waals surface area contributed by atoms with Gasteiger partial charge in [-0.25, -0.2) is 19.6 Å². The minimum Gasteiger partial charge on any atom is -0.488 e. The van der Waals surface area contributed by atoms with Gasteiger partial charge in [0.15, 0.2) is 0 Å². The third-order valence-electron chi connectivity index (χ3n) is 13.7. The van der Waals surface area contributed by atoms with Crippen molar-refractivity contribution in [2.24, 2.45) is 23.7 Å². The molecule has 5 heterocycles. The van der Waals surface area contributed by atoms with Crippen molar-refractivity contribution in [1.82, 2.24) is 40.4 Å². The van der Waals surface area contributed by atoms with Gasteiger partial charge < -0.3 is 49.3 Å². The maximum absolute atomic E-state index is 14.2. The van der Waals surface area contributed by atoms with Gasteiger partial charge in [0.2, 0.25) is 11.8 Å². The summed E-state index contributed by atoms with van der Waals surface area (Å²) in [6, 6.07) is 12.6. The van der Waals surface area contributed by atoms with Gasteiger partial charge in [-0.15, -0.1) is 0 Å². The summed E-state index contributed by atoms with van der Waals surface area (Å²) in [6.07, 6.45) is 3.38. The molecule has 340 valence electrons. The van der Waals surface area contributed by atoms with Crippen molar-refractivity contribution in [1.29, 1.82) is 0 Å². The van der Waals surface area contributed by atoms with Crippen LogP contribution in [0.15, 0.2) is 48.7 Å². The number of nitrogens with one attached hydrogen (secondary N) is 4. The first-order valence-electron chi connectivity index (χ1n) is 22.4. The zero-order chi connectivity index (χ0) is 45.4. The Bertz CT molecular complexity index is 2550. The van der Waals surface area contributed by atoms with E-state index in [0.717, 1.165) is 68.3 Å². The van der Waals surface area contributed by atoms with E-state index >= 15 is 0 Å². The third-order valence-corrected chi connectivity index (χ3v) is 13.7. The van der Waals surface area contributed by atoms with Gasteiger partial charge in [-0.05, 0) is 76.9 Å². The van der Waals surface area contributed by atoms with Crippen molar-refractivity contribution in [3.63, 3.8) is 0 Å². The molecular weight excluding hydrogens is 817 g/mol. The summed E-state index contributed by atoms with van der Waals surface area (Å²) in [5.41, 5.74) is 6.53. The zero-order valence-corrected chi connectivity index (χ0v) is 37.9. The molecule has 64 heavy (non-hydrogen) atoms. The minimum atomic E-state index is -0.748. The summed E-state index contributed by atoms with van der Waals surface area (Å²) in [4.78, 5) is 73.4. The quantitative estimate of drug-likeness (QED) is 0.0913. The summed E-state index contributed by atoms with van der Waals surface area (Å²) in [5.74, 6) is 2.01. The summed E-state index contributed by atoms with van der Waals surface area (Å²) in [5, 5.41) is 7.53. The number of ether oxygens (including phenoxy) is 4. The molecule has 0 radical (unpaired) electrons. The van der Waals surface area contributed by atoms with Crippen molar-refractivity contribution in [3.8, 4) is 28.1 Å². The number of fused-ring (bicyclic) bond motifs is 6. The molecule has 2 aromatic heterocycles. The van der Waals surface area contributed by atoms with Crippen molar-refractivity contribution >= 4 is 45.8 Å². The second-order valence-electron chi connectivity index (χ2n) is 17.9. The highest BCUT2D eigenvalue weighted by molar-refractivity contribution is 6.07. The molecule has 16 nitrogen and oxygen atoms in total. The number of methoxy groups -OCH3 is 3. The number of nitrogens with zero attached hydrogens (tertiary/aromatic N) is 4. The lowest BCUT2D eigenvalue weighted by Gasteiger charge is -2.30. The molecule has 4 amide bonds. The van der Waals surface area contributed by atoms with Crippen LogP contribution in [0.5, 0.6) is 5.75 Å². The standard InChI is InChI=1S/C48H60N8O8/c1-9-26(4)40(53-47(59)62-7)45(57)55-21-25(3)15-37(55)43-49-20-36(51-43)30-11-13-32-31(17-30)24-64-39-19-33-29(18-34(32)39)12-14-35-42(33)52-44(50-35)38-16-28(23-61-6)22-56(38)46(58)41(27(5)10-2)54-48(60)63-8/h11-14,17-20,25-28,37-38,40-41H,9-10,15-16,21-24H2,1-8H3,(H,49,51)(H,50,52)(H,53,59)(H,54,60)/t25-,26-,27-,28-,37?,38-,40-,41?/m0/s1. The predicted octanol–water partition coefficient (Wildman–Crippen LogP) is 7.65. The first-order valence-corrected chi connectivity index (χ1v) is 22.4. The number of rotatable bonds is 13. The fourth-order valence-corrected chi connectivity index (χ4v) is 9.72. The molecule has 3 aliphatic heterocycles. The molecule has 0 saturated carbocycles. The average molecular weight is 877 g/mol. The first-order chi connectivity index (χ1) is 30.8. The highest BCUT2D eigenvalue weighted by Gasteiger charge is 2.43. The molecule has 0 aliphatic carbocycles. The van der Waals surface area contributed by atoms with Gasteiger partial charge in [0.25, 0.3) is 0 Å². The second kappa shape index (κ2) is 18.5. The molecule has 3 aromatic carbocycles. The van der Waals surface area contributed by atoms with E-state index in [1.54, 1.807) is 7.11 Å². The van der Waals surface area contributed by atoms with Crippen LogP contribution in [0.25, 0.3) is 44.2 Å². The molecule has 4 N–H and O–H groups in total. The molecule has 8 atom stereocenters. The van der Waals surface area contributed by atoms with E-state index in [-0.39, 0.29) is 47.6 Å². The van der Waals surface area contributed by atoms with Crippen LogP contribution in [0, 0.1) is 23.7 Å². The van der Waals surface area contributed by atoms with Gasteiger partial charge in [0.05, 0.1) is 55.8 Å². The maximum atomic E-state index is 14.2. The molecule has 16 heteroatoms. The number of aromatic amines is 2. The van der Waals surface area contributed by atoms with Crippen molar-refractivity contribution < 1.29 is 38.1 Å². The van der Waals surface area contributed by atoms with Crippen LogP contribution >= 0.6 is 0 Å². The van der Waals surface area contributed by atoms with Crippen LogP contribution in [-0.4, -0.2) is 107 Å². The average Bonchev–Trinajstić information content (AvgIpc) is 4.14. The van der Waals surface area contributed by atoms with Gasteiger partial charge >= 0.3 is 12.2 Å². The Kier molecular flexibility index (Phi) is 12.9. The number of H-pyrrole nitrogens is 2. The number of imidazole rings is 2. The summed E-state index contributed by atoms with van der Waals surface area (Å²) in [7, 11) is 4.26. The molecule has 3 aliphatic rings. The first kappa shape index (κ1) is 44.4. The fourth-order valence-electron chi connectivity index (χ4n) is 9.72. The van der Waals surface area contributed by atoms with E-state index < -0.39 is 24.3 Å². The third kappa shape index (κ3) is 8.47. The van der Waals surface area contributed by atoms with Crippen LogP contribution in [-0.2, 0) is 30.4 Å². The van der Waals surface area contributed by atoms with Crippen LogP contribution < -0.4 is 15.4 Å². The molecular formula is C48H60N8O8. The lowest BCUT2D eigenvalue weighted by Crippen LogP contribution is -2.51. The summed E-state index contributed by atoms with van der Waals surface area (Å²) in [6.45, 7) is 11.9. The van der Waals surface area contributed by atoms with E-state index in [9.17, 15) is 19.2 Å². The Labute approximate surface area is 373 Å². The topological polar surface area (TPSA) is 193 Å². The Morgan fingerprint density at radius 1 is 0.828 bits per heavy atom. The van der Waals surface area contributed by atoms with Crippen LogP contribution in [0.1, 0.15) is 89.6 Å². The van der Waals surface area contributed by atoms with Crippen LogP contribution in [0.4, 0.5) is 9.59 Å². The Hall–Kier alpha value is -6.16. The number of aromatic nitrogens is 4. The molecule has 5 aromatic rings.